The number of ether oxygens (including phenoxy) is 4. The van der Waals surface area contributed by atoms with Gasteiger partial charge in [0.2, 0.25) is 13.6 Å². The van der Waals surface area contributed by atoms with E-state index in [1.165, 1.54) is 4.90 Å². The highest BCUT2D eigenvalue weighted by atomic mass is 16.7. The van der Waals surface area contributed by atoms with E-state index in [9.17, 15) is 5.11 Å². The average Bonchev–Trinajstić information content (AvgIpc) is 3.29. The van der Waals surface area contributed by atoms with E-state index in [4.69, 9.17) is 18.9 Å². The van der Waals surface area contributed by atoms with E-state index in [0.29, 0.717) is 5.75 Å². The molecule has 3 aliphatic heterocycles. The first-order valence-corrected chi connectivity index (χ1v) is 8.54. The van der Waals surface area contributed by atoms with E-state index < -0.39 is 0 Å². The number of hydrogen-bond acceptors (Lipinski definition) is 5. The van der Waals surface area contributed by atoms with Crippen molar-refractivity contribution >= 4 is 16.5 Å². The molecule has 2 N–H and O–H groups in total. The summed E-state index contributed by atoms with van der Waals surface area (Å²) in [6, 6.07) is 9.65. The van der Waals surface area contributed by atoms with E-state index in [1.54, 1.807) is 0 Å². The van der Waals surface area contributed by atoms with Crippen LogP contribution in [0.1, 0.15) is 5.56 Å². The van der Waals surface area contributed by atoms with Crippen molar-refractivity contribution in [1.82, 2.24) is 0 Å². The Morgan fingerprint density at radius 2 is 1.58 bits per heavy atom. The van der Waals surface area contributed by atoms with Crippen molar-refractivity contribution in [3.05, 3.63) is 35.9 Å². The van der Waals surface area contributed by atoms with Crippen LogP contribution in [-0.4, -0.2) is 25.7 Å². The molecule has 6 rings (SSSR count). The van der Waals surface area contributed by atoms with Crippen molar-refractivity contribution < 1.29 is 29.0 Å². The maximum atomic E-state index is 10.7. The zero-order valence-corrected chi connectivity index (χ0v) is 14.1. The van der Waals surface area contributed by atoms with E-state index in [1.807, 2.05) is 30.3 Å². The number of rotatable bonds is 0. The highest BCUT2D eigenvalue weighted by molar-refractivity contribution is 6.04. The fourth-order valence-electron chi connectivity index (χ4n) is 4.28. The van der Waals surface area contributed by atoms with Crippen LogP contribution in [-0.2, 0) is 6.54 Å². The van der Waals surface area contributed by atoms with Gasteiger partial charge in [-0.1, -0.05) is 0 Å². The summed E-state index contributed by atoms with van der Waals surface area (Å²) in [7, 11) is 2.12. The highest BCUT2D eigenvalue weighted by Crippen LogP contribution is 2.49. The summed E-state index contributed by atoms with van der Waals surface area (Å²) in [6.07, 6.45) is 0. The zero-order valence-electron chi connectivity index (χ0n) is 14.1. The lowest BCUT2D eigenvalue weighted by atomic mass is 9.89. The summed E-state index contributed by atoms with van der Waals surface area (Å²) >= 11 is 0. The molecule has 0 radical (unpaired) electrons. The second-order valence-corrected chi connectivity index (χ2v) is 6.85. The Balaban J connectivity index is 1.69. The van der Waals surface area contributed by atoms with Gasteiger partial charge in [-0.05, 0) is 30.3 Å². The largest absolute Gasteiger partial charge is 0.507 e. The molecule has 0 aliphatic carbocycles. The molecule has 0 spiro atoms. The minimum atomic E-state index is 0.212. The minimum absolute atomic E-state index is 0.212. The van der Waals surface area contributed by atoms with Crippen molar-refractivity contribution in [3.8, 4) is 39.9 Å². The average molecular weight is 350 g/mol. The van der Waals surface area contributed by atoms with Crippen molar-refractivity contribution in [2.75, 3.05) is 20.6 Å². The third-order valence-corrected chi connectivity index (χ3v) is 5.41. The Hall–Kier alpha value is -3.12. The van der Waals surface area contributed by atoms with Crippen LogP contribution in [0.4, 0.5) is 5.69 Å². The molecular formula is C20H16NO5+. The molecule has 130 valence electrons. The zero-order chi connectivity index (χ0) is 17.4. The molecule has 3 aromatic carbocycles. The SMILES string of the molecule is C[NH+]1Cc2c(ccc3c2OCO3)-c2cc(O)c3cc4c(cc3c21)OCO4. The monoisotopic (exact) mass is 350 g/mol. The van der Waals surface area contributed by atoms with Crippen molar-refractivity contribution in [2.24, 2.45) is 0 Å². The van der Waals surface area contributed by atoms with Crippen LogP contribution in [0.3, 0.4) is 0 Å². The number of benzene rings is 3. The normalized spacial score (nSPS) is 18.7. The molecule has 26 heavy (non-hydrogen) atoms. The van der Waals surface area contributed by atoms with Crippen LogP contribution in [0.25, 0.3) is 21.9 Å². The Labute approximate surface area is 149 Å². The Morgan fingerprint density at radius 3 is 2.42 bits per heavy atom. The fourth-order valence-corrected chi connectivity index (χ4v) is 4.28. The number of hydrogen-bond donors (Lipinski definition) is 2. The van der Waals surface area contributed by atoms with E-state index >= 15 is 0 Å². The van der Waals surface area contributed by atoms with Crippen molar-refractivity contribution in [2.45, 2.75) is 6.54 Å². The molecule has 1 unspecified atom stereocenters. The van der Waals surface area contributed by atoms with Crippen LogP contribution in [0.2, 0.25) is 0 Å². The minimum Gasteiger partial charge on any atom is -0.507 e. The van der Waals surface area contributed by atoms with Gasteiger partial charge in [-0.3, -0.25) is 4.90 Å². The molecule has 1 atom stereocenters. The van der Waals surface area contributed by atoms with Crippen LogP contribution in [0, 0.1) is 0 Å². The van der Waals surface area contributed by atoms with Gasteiger partial charge in [0, 0.05) is 16.5 Å². The van der Waals surface area contributed by atoms with Crippen LogP contribution in [0.5, 0.6) is 28.7 Å². The molecule has 0 fully saturated rings. The van der Waals surface area contributed by atoms with Gasteiger partial charge < -0.3 is 24.1 Å². The maximum Gasteiger partial charge on any atom is 0.231 e. The lowest BCUT2D eigenvalue weighted by Gasteiger charge is -2.27. The highest BCUT2D eigenvalue weighted by Gasteiger charge is 2.33. The molecule has 6 heteroatoms. The fraction of sp³-hybridized carbons (Fsp3) is 0.200. The molecular weight excluding hydrogens is 334 g/mol. The number of phenolic OH excluding ortho intramolecular Hbond substituents is 1. The van der Waals surface area contributed by atoms with E-state index in [0.717, 1.165) is 56.9 Å². The van der Waals surface area contributed by atoms with Crippen molar-refractivity contribution in [1.29, 1.82) is 0 Å². The van der Waals surface area contributed by atoms with Crippen LogP contribution in [0.15, 0.2) is 30.3 Å². The summed E-state index contributed by atoms with van der Waals surface area (Å²) in [6.45, 7) is 1.25. The quantitative estimate of drug-likeness (QED) is 0.610. The Morgan fingerprint density at radius 1 is 0.846 bits per heavy atom. The molecule has 3 aromatic rings. The standard InChI is InChI=1S/C20H15NO5/c1-21-7-14-10(2-3-16-20(14)26-9-23-16)12-4-15(22)11-5-17-18(25-8-24-17)6-13(11)19(12)21/h2-6,22H,7-9H2,1H3/p+1. The molecule has 0 saturated carbocycles. The summed E-state index contributed by atoms with van der Waals surface area (Å²) in [4.78, 5) is 1.22. The van der Waals surface area contributed by atoms with Gasteiger partial charge >= 0.3 is 0 Å². The summed E-state index contributed by atoms with van der Waals surface area (Å²) in [5.41, 5.74) is 4.34. The summed E-state index contributed by atoms with van der Waals surface area (Å²) in [5.74, 6) is 3.22. The van der Waals surface area contributed by atoms with Gasteiger partial charge in [0.1, 0.15) is 18.0 Å². The maximum absolute atomic E-state index is 10.7. The second kappa shape index (κ2) is 4.74. The van der Waals surface area contributed by atoms with Gasteiger partial charge in [0.05, 0.1) is 18.0 Å². The van der Waals surface area contributed by atoms with Gasteiger partial charge in [-0.25, -0.2) is 0 Å². The number of fused-ring (bicyclic) bond motifs is 8. The number of aromatic hydroxyl groups is 1. The molecule has 0 saturated heterocycles. The Kier molecular flexibility index (Phi) is 2.57. The topological polar surface area (TPSA) is 61.6 Å². The van der Waals surface area contributed by atoms with Gasteiger partial charge in [0.25, 0.3) is 0 Å². The first kappa shape index (κ1) is 14.1. The van der Waals surface area contributed by atoms with Crippen molar-refractivity contribution in [3.63, 3.8) is 0 Å². The molecule has 3 heterocycles. The summed E-state index contributed by atoms with van der Waals surface area (Å²) in [5, 5.41) is 12.5. The smallest absolute Gasteiger partial charge is 0.231 e. The molecule has 0 bridgehead atoms. The lowest BCUT2D eigenvalue weighted by molar-refractivity contribution is -0.824. The van der Waals surface area contributed by atoms with Gasteiger partial charge in [-0.15, -0.1) is 0 Å². The molecule has 0 amide bonds. The molecule has 3 aliphatic rings. The van der Waals surface area contributed by atoms with E-state index in [-0.39, 0.29) is 19.3 Å². The molecule has 0 aromatic heterocycles. The van der Waals surface area contributed by atoms with Crippen LogP contribution >= 0.6 is 0 Å². The van der Waals surface area contributed by atoms with Gasteiger partial charge in [-0.2, -0.15) is 0 Å². The van der Waals surface area contributed by atoms with E-state index in [2.05, 4.69) is 7.05 Å². The van der Waals surface area contributed by atoms with Crippen LogP contribution < -0.4 is 23.8 Å². The predicted molar refractivity (Wildman–Crippen MR) is 93.5 cm³/mol. The third-order valence-electron chi connectivity index (χ3n) is 5.41. The number of nitrogens with one attached hydrogen (secondary N) is 1. The second-order valence-electron chi connectivity index (χ2n) is 6.85. The number of quaternary nitrogens is 1. The predicted octanol–water partition coefficient (Wildman–Crippen LogP) is 2.33. The third kappa shape index (κ3) is 1.69. The first-order valence-electron chi connectivity index (χ1n) is 8.54. The van der Waals surface area contributed by atoms with Gasteiger partial charge in [0.15, 0.2) is 23.0 Å². The summed E-state index contributed by atoms with van der Waals surface area (Å²) < 4.78 is 22.2. The molecule has 6 nitrogen and oxygen atoms in total. The first-order chi connectivity index (χ1) is 12.7. The Bertz CT molecular complexity index is 1110. The lowest BCUT2D eigenvalue weighted by Crippen LogP contribution is -3.03. The number of phenols is 1.